The Labute approximate surface area is 118 Å². The Hall–Kier alpha value is -2.30. The fourth-order valence-corrected chi connectivity index (χ4v) is 2.02. The van der Waals surface area contributed by atoms with Gasteiger partial charge in [0.05, 0.1) is 5.69 Å². The molecule has 0 unspecified atom stereocenters. The molecule has 0 atom stereocenters. The zero-order chi connectivity index (χ0) is 13.8. The Bertz CT molecular complexity index is 558. The molecule has 5 heteroatoms. The van der Waals surface area contributed by atoms with E-state index in [1.54, 1.807) is 6.20 Å². The highest BCUT2D eigenvalue weighted by Crippen LogP contribution is 2.18. The van der Waals surface area contributed by atoms with Crippen LogP contribution in [0.1, 0.15) is 18.4 Å². The average Bonchev–Trinajstić information content (AvgIpc) is 3.09. The second-order valence-electron chi connectivity index (χ2n) is 5.04. The summed E-state index contributed by atoms with van der Waals surface area (Å²) in [5, 5.41) is 9.97. The van der Waals surface area contributed by atoms with E-state index in [1.165, 1.54) is 5.56 Å². The lowest BCUT2D eigenvalue weighted by atomic mass is 10.1. The minimum absolute atomic E-state index is 0.0549. The van der Waals surface area contributed by atoms with Crippen molar-refractivity contribution in [2.75, 3.05) is 6.54 Å². The maximum absolute atomic E-state index is 11.5. The van der Waals surface area contributed by atoms with Gasteiger partial charge in [-0.25, -0.2) is 9.48 Å². The van der Waals surface area contributed by atoms with E-state index in [2.05, 4.69) is 27.9 Å². The van der Waals surface area contributed by atoms with E-state index in [-0.39, 0.29) is 6.03 Å². The van der Waals surface area contributed by atoms with Gasteiger partial charge in [-0.05, 0) is 43.0 Å². The number of amides is 2. The molecule has 0 bridgehead atoms. The van der Waals surface area contributed by atoms with Gasteiger partial charge in [-0.3, -0.25) is 0 Å². The summed E-state index contributed by atoms with van der Waals surface area (Å²) in [6.45, 7) is 0.652. The summed E-state index contributed by atoms with van der Waals surface area (Å²) in [7, 11) is 0. The third-order valence-corrected chi connectivity index (χ3v) is 3.32. The van der Waals surface area contributed by atoms with E-state index in [1.807, 2.05) is 29.1 Å². The molecule has 5 nitrogen and oxygen atoms in total. The molecule has 0 radical (unpaired) electrons. The summed E-state index contributed by atoms with van der Waals surface area (Å²) in [6.07, 6.45) is 6.73. The monoisotopic (exact) mass is 270 g/mol. The second kappa shape index (κ2) is 5.77. The molecule has 2 aromatic rings. The van der Waals surface area contributed by atoms with Crippen molar-refractivity contribution >= 4 is 6.03 Å². The summed E-state index contributed by atoms with van der Waals surface area (Å²) >= 11 is 0. The van der Waals surface area contributed by atoms with Crippen molar-refractivity contribution in [2.24, 2.45) is 0 Å². The Balaban J connectivity index is 1.47. The number of rotatable bonds is 5. The van der Waals surface area contributed by atoms with Gasteiger partial charge in [0.15, 0.2) is 0 Å². The number of hydrogen-bond donors (Lipinski definition) is 2. The number of nitrogens with zero attached hydrogens (tertiary/aromatic N) is 2. The number of benzene rings is 1. The molecule has 2 amide bonds. The lowest BCUT2D eigenvalue weighted by molar-refractivity contribution is 0.240. The minimum Gasteiger partial charge on any atom is -0.338 e. The van der Waals surface area contributed by atoms with Crippen molar-refractivity contribution in [1.82, 2.24) is 20.4 Å². The molecule has 1 saturated carbocycles. The summed E-state index contributed by atoms with van der Waals surface area (Å²) in [6, 6.07) is 10.5. The normalized spacial score (nSPS) is 14.0. The third kappa shape index (κ3) is 3.38. The van der Waals surface area contributed by atoms with Crippen LogP contribution in [0.15, 0.2) is 42.7 Å². The lowest BCUT2D eigenvalue weighted by Gasteiger charge is -2.07. The highest BCUT2D eigenvalue weighted by atomic mass is 16.2. The molecule has 3 rings (SSSR count). The SMILES string of the molecule is O=C(NCCc1ccc(-n2cccn2)cc1)NC1CC1. The molecule has 1 aromatic heterocycles. The van der Waals surface area contributed by atoms with Gasteiger partial charge in [0.25, 0.3) is 0 Å². The number of aromatic nitrogens is 2. The van der Waals surface area contributed by atoms with Crippen LogP contribution in [0.25, 0.3) is 5.69 Å². The van der Waals surface area contributed by atoms with E-state index in [4.69, 9.17) is 0 Å². The van der Waals surface area contributed by atoms with Gasteiger partial charge in [-0.2, -0.15) is 5.10 Å². The molecule has 1 heterocycles. The van der Waals surface area contributed by atoms with Crippen LogP contribution >= 0.6 is 0 Å². The summed E-state index contributed by atoms with van der Waals surface area (Å²) in [5.74, 6) is 0. The van der Waals surface area contributed by atoms with Crippen LogP contribution in [0.2, 0.25) is 0 Å². The van der Waals surface area contributed by atoms with Crippen LogP contribution in [0.3, 0.4) is 0 Å². The Morgan fingerprint density at radius 3 is 2.75 bits per heavy atom. The van der Waals surface area contributed by atoms with Crippen molar-refractivity contribution in [3.05, 3.63) is 48.3 Å². The molecule has 1 fully saturated rings. The molecule has 104 valence electrons. The van der Waals surface area contributed by atoms with Gasteiger partial charge in [0.1, 0.15) is 0 Å². The predicted octanol–water partition coefficient (Wildman–Crippen LogP) is 1.88. The molecule has 1 aliphatic carbocycles. The van der Waals surface area contributed by atoms with Gasteiger partial charge in [-0.1, -0.05) is 12.1 Å². The number of nitrogens with one attached hydrogen (secondary N) is 2. The van der Waals surface area contributed by atoms with E-state index >= 15 is 0 Å². The maximum atomic E-state index is 11.5. The predicted molar refractivity (Wildman–Crippen MR) is 76.8 cm³/mol. The van der Waals surface area contributed by atoms with Crippen LogP contribution in [-0.4, -0.2) is 28.4 Å². The van der Waals surface area contributed by atoms with Gasteiger partial charge in [0.2, 0.25) is 0 Å². The van der Waals surface area contributed by atoms with Crippen molar-refractivity contribution < 1.29 is 4.79 Å². The first-order chi connectivity index (χ1) is 9.81. The number of carbonyl (C=O) groups is 1. The highest BCUT2D eigenvalue weighted by molar-refractivity contribution is 5.74. The molecule has 2 N–H and O–H groups in total. The fourth-order valence-electron chi connectivity index (χ4n) is 2.02. The molecule has 20 heavy (non-hydrogen) atoms. The van der Waals surface area contributed by atoms with Gasteiger partial charge in [-0.15, -0.1) is 0 Å². The summed E-state index contributed by atoms with van der Waals surface area (Å²) in [4.78, 5) is 11.5. The van der Waals surface area contributed by atoms with Crippen molar-refractivity contribution in [1.29, 1.82) is 0 Å². The molecular weight excluding hydrogens is 252 g/mol. The summed E-state index contributed by atoms with van der Waals surface area (Å²) < 4.78 is 1.82. The van der Waals surface area contributed by atoms with Gasteiger partial charge in [0, 0.05) is 25.0 Å². The first kappa shape index (κ1) is 12.7. The number of hydrogen-bond acceptors (Lipinski definition) is 2. The van der Waals surface area contributed by atoms with Crippen LogP contribution < -0.4 is 10.6 Å². The molecule has 0 saturated heterocycles. The van der Waals surface area contributed by atoms with Gasteiger partial charge >= 0.3 is 6.03 Å². The van der Waals surface area contributed by atoms with E-state index < -0.39 is 0 Å². The van der Waals surface area contributed by atoms with Crippen molar-refractivity contribution in [3.8, 4) is 5.69 Å². The maximum Gasteiger partial charge on any atom is 0.315 e. The quantitative estimate of drug-likeness (QED) is 0.871. The number of carbonyl (C=O) groups excluding carboxylic acids is 1. The second-order valence-corrected chi connectivity index (χ2v) is 5.04. The zero-order valence-corrected chi connectivity index (χ0v) is 11.2. The smallest absolute Gasteiger partial charge is 0.315 e. The molecule has 0 spiro atoms. The van der Waals surface area contributed by atoms with Crippen LogP contribution in [0.5, 0.6) is 0 Å². The largest absolute Gasteiger partial charge is 0.338 e. The Morgan fingerprint density at radius 1 is 1.30 bits per heavy atom. The lowest BCUT2D eigenvalue weighted by Crippen LogP contribution is -2.37. The zero-order valence-electron chi connectivity index (χ0n) is 11.2. The molecule has 1 aromatic carbocycles. The highest BCUT2D eigenvalue weighted by Gasteiger charge is 2.22. The minimum atomic E-state index is -0.0549. The fraction of sp³-hybridized carbons (Fsp3) is 0.333. The standard InChI is InChI=1S/C15H18N4O/c20-15(18-13-4-5-13)16-10-8-12-2-6-14(7-3-12)19-11-1-9-17-19/h1-3,6-7,9,11,13H,4-5,8,10H2,(H2,16,18,20). The first-order valence-electron chi connectivity index (χ1n) is 6.94. The molecule has 1 aliphatic rings. The number of urea groups is 1. The van der Waals surface area contributed by atoms with Crippen molar-refractivity contribution in [2.45, 2.75) is 25.3 Å². The van der Waals surface area contributed by atoms with Crippen LogP contribution in [-0.2, 0) is 6.42 Å². The van der Waals surface area contributed by atoms with Crippen LogP contribution in [0, 0.1) is 0 Å². The first-order valence-corrected chi connectivity index (χ1v) is 6.94. The summed E-state index contributed by atoms with van der Waals surface area (Å²) in [5.41, 5.74) is 2.24. The molecular formula is C15H18N4O. The van der Waals surface area contributed by atoms with Crippen molar-refractivity contribution in [3.63, 3.8) is 0 Å². The topological polar surface area (TPSA) is 59.0 Å². The van der Waals surface area contributed by atoms with E-state index in [9.17, 15) is 4.79 Å². The molecule has 0 aliphatic heterocycles. The third-order valence-electron chi connectivity index (χ3n) is 3.32. The Morgan fingerprint density at radius 2 is 2.10 bits per heavy atom. The van der Waals surface area contributed by atoms with Gasteiger partial charge < -0.3 is 10.6 Å². The van der Waals surface area contributed by atoms with E-state index in [0.29, 0.717) is 12.6 Å². The Kier molecular flexibility index (Phi) is 3.67. The van der Waals surface area contributed by atoms with E-state index in [0.717, 1.165) is 24.9 Å². The van der Waals surface area contributed by atoms with Crippen LogP contribution in [0.4, 0.5) is 4.79 Å². The average molecular weight is 270 g/mol.